The summed E-state index contributed by atoms with van der Waals surface area (Å²) in [6, 6.07) is 22.5. The van der Waals surface area contributed by atoms with Gasteiger partial charge in [0.15, 0.2) is 0 Å². The summed E-state index contributed by atoms with van der Waals surface area (Å²) in [5.74, 6) is 0.563. The van der Waals surface area contributed by atoms with E-state index in [1.165, 1.54) is 10.7 Å². The van der Waals surface area contributed by atoms with E-state index in [0.717, 1.165) is 22.5 Å². The summed E-state index contributed by atoms with van der Waals surface area (Å²) in [5, 5.41) is 9.23. The normalized spacial score (nSPS) is 16.5. The Morgan fingerprint density at radius 2 is 1.68 bits per heavy atom. The number of benzene rings is 2. The number of sulfonamides is 1. The van der Waals surface area contributed by atoms with Crippen molar-refractivity contribution in [2.75, 3.05) is 6.26 Å². The summed E-state index contributed by atoms with van der Waals surface area (Å²) in [5.41, 5.74) is 3.89. The van der Waals surface area contributed by atoms with Gasteiger partial charge in [-0.05, 0) is 24.3 Å². The van der Waals surface area contributed by atoms with Crippen molar-refractivity contribution < 1.29 is 12.8 Å². The van der Waals surface area contributed by atoms with Crippen molar-refractivity contribution in [3.63, 3.8) is 0 Å². The van der Waals surface area contributed by atoms with E-state index in [4.69, 9.17) is 9.52 Å². The number of hydrazone groups is 1. The quantitative estimate of drug-likeness (QED) is 0.472. The lowest BCUT2D eigenvalue weighted by molar-refractivity contribution is 0.375. The highest BCUT2D eigenvalue weighted by Gasteiger charge is 2.38. The highest BCUT2D eigenvalue weighted by Crippen LogP contribution is 2.39. The smallest absolute Gasteiger partial charge is 0.247 e. The molecule has 0 N–H and O–H groups in total. The van der Waals surface area contributed by atoms with E-state index >= 15 is 0 Å². The molecule has 3 heterocycles. The SMILES string of the molecule is CS(=O)(=O)N1N=C(c2ccco2)C[C@H]1c1cn(-c2ccccc2)nc1-c1ccccc1. The third-order valence-corrected chi connectivity index (χ3v) is 6.20. The molecular weight excluding hydrogens is 412 g/mol. The van der Waals surface area contributed by atoms with E-state index < -0.39 is 16.1 Å². The van der Waals surface area contributed by atoms with Crippen LogP contribution in [0.25, 0.3) is 16.9 Å². The third kappa shape index (κ3) is 3.66. The van der Waals surface area contributed by atoms with Gasteiger partial charge in [0.25, 0.3) is 0 Å². The molecule has 156 valence electrons. The van der Waals surface area contributed by atoms with Crippen LogP contribution in [0.1, 0.15) is 23.8 Å². The monoisotopic (exact) mass is 432 g/mol. The van der Waals surface area contributed by atoms with E-state index in [9.17, 15) is 8.42 Å². The standard InChI is InChI=1S/C23H20N4O3S/c1-31(28,29)27-21(15-20(24-27)22-13-8-14-30-22)19-16-26(18-11-6-3-7-12-18)25-23(19)17-9-4-2-5-10-17/h2-14,16,21H,15H2,1H3/t21-/m0/s1. The Kier molecular flexibility index (Phi) is 4.71. The van der Waals surface area contributed by atoms with Crippen molar-refractivity contribution in [2.45, 2.75) is 12.5 Å². The number of hydrogen-bond donors (Lipinski definition) is 0. The fourth-order valence-electron chi connectivity index (χ4n) is 3.78. The lowest BCUT2D eigenvalue weighted by Gasteiger charge is -2.21. The zero-order valence-electron chi connectivity index (χ0n) is 16.8. The first kappa shape index (κ1) is 19.3. The first-order valence-electron chi connectivity index (χ1n) is 9.82. The summed E-state index contributed by atoms with van der Waals surface area (Å²) in [6.07, 6.45) is 5.00. The Labute approximate surface area is 180 Å². The Balaban J connectivity index is 1.65. The molecule has 7 nitrogen and oxygen atoms in total. The number of para-hydroxylation sites is 1. The van der Waals surface area contributed by atoms with Gasteiger partial charge in [-0.2, -0.15) is 14.6 Å². The van der Waals surface area contributed by atoms with Crippen molar-refractivity contribution in [1.82, 2.24) is 14.2 Å². The number of nitrogens with zero attached hydrogens (tertiary/aromatic N) is 4. The predicted octanol–water partition coefficient (Wildman–Crippen LogP) is 4.24. The van der Waals surface area contributed by atoms with Crippen LogP contribution in [0.2, 0.25) is 0 Å². The fraction of sp³-hybridized carbons (Fsp3) is 0.130. The Morgan fingerprint density at radius 3 is 2.32 bits per heavy atom. The number of rotatable bonds is 5. The summed E-state index contributed by atoms with van der Waals surface area (Å²) in [7, 11) is -3.61. The highest BCUT2D eigenvalue weighted by atomic mass is 32.2. The van der Waals surface area contributed by atoms with Gasteiger partial charge in [-0.25, -0.2) is 13.1 Å². The molecule has 0 saturated carbocycles. The fourth-order valence-corrected chi connectivity index (χ4v) is 4.68. The third-order valence-electron chi connectivity index (χ3n) is 5.19. The molecule has 0 aliphatic carbocycles. The summed E-state index contributed by atoms with van der Waals surface area (Å²) in [4.78, 5) is 0. The van der Waals surface area contributed by atoms with E-state index in [1.807, 2.05) is 66.9 Å². The largest absolute Gasteiger partial charge is 0.463 e. The Morgan fingerprint density at radius 1 is 0.968 bits per heavy atom. The van der Waals surface area contributed by atoms with Gasteiger partial charge < -0.3 is 4.42 Å². The molecule has 2 aromatic carbocycles. The van der Waals surface area contributed by atoms with Crippen molar-refractivity contribution >= 4 is 15.7 Å². The van der Waals surface area contributed by atoms with Crippen LogP contribution in [0.4, 0.5) is 0 Å². The molecule has 1 aliphatic heterocycles. The average molecular weight is 433 g/mol. The van der Waals surface area contributed by atoms with E-state index in [0.29, 0.717) is 17.9 Å². The maximum absolute atomic E-state index is 12.6. The van der Waals surface area contributed by atoms with E-state index in [2.05, 4.69) is 5.10 Å². The second-order valence-corrected chi connectivity index (χ2v) is 9.20. The first-order valence-corrected chi connectivity index (χ1v) is 11.7. The zero-order valence-corrected chi connectivity index (χ0v) is 17.6. The van der Waals surface area contributed by atoms with E-state index in [1.54, 1.807) is 23.1 Å². The van der Waals surface area contributed by atoms with Gasteiger partial charge in [-0.3, -0.25) is 0 Å². The maximum atomic E-state index is 12.6. The maximum Gasteiger partial charge on any atom is 0.247 e. The second-order valence-electron chi connectivity index (χ2n) is 7.36. The molecule has 8 heteroatoms. The van der Waals surface area contributed by atoms with Gasteiger partial charge in [0.2, 0.25) is 10.0 Å². The minimum atomic E-state index is -3.61. The van der Waals surface area contributed by atoms with Crippen LogP contribution < -0.4 is 0 Å². The minimum Gasteiger partial charge on any atom is -0.463 e. The van der Waals surface area contributed by atoms with Crippen LogP contribution in [-0.2, 0) is 10.0 Å². The second kappa shape index (κ2) is 7.55. The molecule has 0 fully saturated rings. The summed E-state index contributed by atoms with van der Waals surface area (Å²) in [6.45, 7) is 0. The highest BCUT2D eigenvalue weighted by molar-refractivity contribution is 7.88. The molecule has 5 rings (SSSR count). The topological polar surface area (TPSA) is 80.7 Å². The number of hydrogen-bond acceptors (Lipinski definition) is 5. The lowest BCUT2D eigenvalue weighted by atomic mass is 9.99. The van der Waals surface area contributed by atoms with Gasteiger partial charge in [0, 0.05) is 23.7 Å². The van der Waals surface area contributed by atoms with Gasteiger partial charge in [-0.1, -0.05) is 48.5 Å². The molecule has 0 amide bonds. The van der Waals surface area contributed by atoms with E-state index in [-0.39, 0.29) is 0 Å². The molecule has 0 saturated heterocycles. The van der Waals surface area contributed by atoms with Crippen molar-refractivity contribution in [1.29, 1.82) is 0 Å². The van der Waals surface area contributed by atoms with Crippen molar-refractivity contribution in [2.24, 2.45) is 5.10 Å². The minimum absolute atomic E-state index is 0.390. The molecule has 0 spiro atoms. The van der Waals surface area contributed by atoms with Crippen LogP contribution >= 0.6 is 0 Å². The molecular formula is C23H20N4O3S. The van der Waals surface area contributed by atoms with Crippen molar-refractivity contribution in [3.8, 4) is 16.9 Å². The van der Waals surface area contributed by atoms with Gasteiger partial charge in [-0.15, -0.1) is 0 Å². The predicted molar refractivity (Wildman–Crippen MR) is 118 cm³/mol. The molecule has 4 aromatic rings. The number of furan rings is 1. The molecule has 0 unspecified atom stereocenters. The van der Waals surface area contributed by atoms with Crippen LogP contribution in [0.3, 0.4) is 0 Å². The van der Waals surface area contributed by atoms with Crippen LogP contribution in [0, 0.1) is 0 Å². The van der Waals surface area contributed by atoms with Crippen molar-refractivity contribution in [3.05, 3.63) is 96.6 Å². The summed E-state index contributed by atoms with van der Waals surface area (Å²) >= 11 is 0. The molecule has 1 aliphatic rings. The lowest BCUT2D eigenvalue weighted by Crippen LogP contribution is -2.26. The van der Waals surface area contributed by atoms with Crippen LogP contribution in [-0.4, -0.2) is 34.6 Å². The van der Waals surface area contributed by atoms with Crippen LogP contribution in [0.15, 0.2) is 94.8 Å². The zero-order chi connectivity index (χ0) is 21.4. The van der Waals surface area contributed by atoms with Gasteiger partial charge in [0.1, 0.15) is 11.5 Å². The molecule has 0 bridgehead atoms. The first-order chi connectivity index (χ1) is 15.0. The molecule has 1 atom stereocenters. The Hall–Kier alpha value is -3.65. The Bertz CT molecular complexity index is 1330. The molecule has 31 heavy (non-hydrogen) atoms. The average Bonchev–Trinajstić information content (AvgIpc) is 3.53. The number of aromatic nitrogens is 2. The summed E-state index contributed by atoms with van der Waals surface area (Å²) < 4.78 is 33.7. The van der Waals surface area contributed by atoms with Crippen LogP contribution in [0.5, 0.6) is 0 Å². The molecule has 0 radical (unpaired) electrons. The molecule has 2 aromatic heterocycles. The van der Waals surface area contributed by atoms with Gasteiger partial charge >= 0.3 is 0 Å². The van der Waals surface area contributed by atoms with Gasteiger partial charge in [0.05, 0.1) is 29.9 Å².